The second-order valence-corrected chi connectivity index (χ2v) is 13.5. The number of ether oxygens (including phenoxy) is 2. The van der Waals surface area contributed by atoms with Crippen molar-refractivity contribution in [2.75, 3.05) is 19.1 Å². The summed E-state index contributed by atoms with van der Waals surface area (Å²) in [5.41, 5.74) is 3.46. The maximum atomic E-state index is 14.0. The van der Waals surface area contributed by atoms with Gasteiger partial charge in [0.15, 0.2) is 5.01 Å². The topological polar surface area (TPSA) is 136 Å². The molecule has 0 saturated heterocycles. The lowest BCUT2D eigenvalue weighted by Gasteiger charge is -2.24. The van der Waals surface area contributed by atoms with Crippen LogP contribution in [0, 0.1) is 5.92 Å². The smallest absolute Gasteiger partial charge is 0.243 e. The molecule has 0 saturated carbocycles. The van der Waals surface area contributed by atoms with Gasteiger partial charge in [0, 0.05) is 38.8 Å². The largest absolute Gasteiger partial charge is 0.497 e. The van der Waals surface area contributed by atoms with Crippen LogP contribution in [0.3, 0.4) is 0 Å². The Morgan fingerprint density at radius 2 is 1.36 bits per heavy atom. The van der Waals surface area contributed by atoms with Gasteiger partial charge in [-0.15, -0.1) is 11.3 Å². The molecule has 0 bridgehead atoms. The van der Waals surface area contributed by atoms with Crippen LogP contribution < -0.4 is 25.0 Å². The van der Waals surface area contributed by atoms with Gasteiger partial charge in [0.25, 0.3) is 0 Å². The Morgan fingerprint density at radius 3 is 1.88 bits per heavy atom. The van der Waals surface area contributed by atoms with Crippen molar-refractivity contribution in [3.05, 3.63) is 107 Å². The molecule has 2 amide bonds. The molecule has 11 nitrogen and oxygen atoms in total. The maximum absolute atomic E-state index is 14.0. The number of hydrogen-bond donors (Lipinski definition) is 2. The fraction of sp³-hybridized carbons (Fsp3) is 0.316. The molecule has 2 N–H and O–H groups in total. The summed E-state index contributed by atoms with van der Waals surface area (Å²) >= 11 is 1.28. The Bertz CT molecular complexity index is 1810. The number of amides is 2. The minimum absolute atomic E-state index is 0.131. The number of Topliss-reactive ketones (excluding diaryl/α,β-unsaturated/α-hetero) is 1. The van der Waals surface area contributed by atoms with Gasteiger partial charge >= 0.3 is 0 Å². The van der Waals surface area contributed by atoms with E-state index in [1.807, 2.05) is 86.6 Å². The number of methoxy groups -OCH3 is 2. The molecule has 12 heteroatoms. The highest BCUT2D eigenvalue weighted by atomic mass is 32.1. The molecular formula is C38H42N6O5S. The fourth-order valence-electron chi connectivity index (χ4n) is 5.51. The molecule has 50 heavy (non-hydrogen) atoms. The van der Waals surface area contributed by atoms with Crippen molar-refractivity contribution >= 4 is 45.1 Å². The number of nitrogens with zero attached hydrogens (tertiary/aromatic N) is 4. The van der Waals surface area contributed by atoms with Crippen LogP contribution in [0.5, 0.6) is 11.5 Å². The van der Waals surface area contributed by atoms with E-state index < -0.39 is 18.0 Å². The van der Waals surface area contributed by atoms with E-state index in [4.69, 9.17) is 19.4 Å². The zero-order chi connectivity index (χ0) is 35.6. The third kappa shape index (κ3) is 9.63. The number of ketones is 1. The van der Waals surface area contributed by atoms with Crippen molar-refractivity contribution < 1.29 is 23.9 Å². The summed E-state index contributed by atoms with van der Waals surface area (Å²) in [6.07, 6.45) is 3.92. The minimum atomic E-state index is -0.962. The molecule has 5 rings (SSSR count). The first-order valence-corrected chi connectivity index (χ1v) is 17.2. The van der Waals surface area contributed by atoms with Crippen molar-refractivity contribution in [3.8, 4) is 11.5 Å². The number of anilines is 1. The third-order valence-electron chi connectivity index (χ3n) is 8.02. The number of para-hydroxylation sites is 1. The van der Waals surface area contributed by atoms with Gasteiger partial charge in [-0.05, 0) is 65.4 Å². The van der Waals surface area contributed by atoms with Crippen LogP contribution in [-0.2, 0) is 29.1 Å². The number of carbonyl (C=O) groups excluding carboxylic acids is 3. The van der Waals surface area contributed by atoms with E-state index in [2.05, 4.69) is 20.5 Å². The number of aromatic nitrogens is 3. The third-order valence-corrected chi connectivity index (χ3v) is 9.07. The fourth-order valence-corrected chi connectivity index (χ4v) is 6.47. The van der Waals surface area contributed by atoms with E-state index in [1.54, 1.807) is 26.6 Å². The Balaban J connectivity index is 1.41. The van der Waals surface area contributed by atoms with Crippen molar-refractivity contribution in [2.45, 2.75) is 58.8 Å². The average Bonchev–Trinajstić information content (AvgIpc) is 3.55. The summed E-state index contributed by atoms with van der Waals surface area (Å²) in [6, 6.07) is 21.4. The molecular weight excluding hydrogens is 653 g/mol. The van der Waals surface area contributed by atoms with Gasteiger partial charge in [0.2, 0.25) is 23.5 Å². The second-order valence-electron chi connectivity index (χ2n) is 12.4. The van der Waals surface area contributed by atoms with Crippen LogP contribution in [0.25, 0.3) is 10.2 Å². The van der Waals surface area contributed by atoms with Gasteiger partial charge in [-0.3, -0.25) is 14.4 Å². The van der Waals surface area contributed by atoms with Crippen LogP contribution in [0.2, 0.25) is 0 Å². The molecule has 0 fully saturated rings. The van der Waals surface area contributed by atoms with Crippen molar-refractivity contribution in [1.29, 1.82) is 0 Å². The molecule has 1 unspecified atom stereocenters. The van der Waals surface area contributed by atoms with Crippen LogP contribution in [0.1, 0.15) is 53.7 Å². The van der Waals surface area contributed by atoms with E-state index in [9.17, 15) is 14.4 Å². The molecule has 260 valence electrons. The number of rotatable bonds is 16. The van der Waals surface area contributed by atoms with Crippen LogP contribution in [-0.4, -0.2) is 58.9 Å². The number of benzene rings is 3. The van der Waals surface area contributed by atoms with Gasteiger partial charge < -0.3 is 25.0 Å². The molecule has 0 aliphatic heterocycles. The highest BCUT2D eigenvalue weighted by Crippen LogP contribution is 2.24. The van der Waals surface area contributed by atoms with Crippen molar-refractivity contribution in [1.82, 2.24) is 25.6 Å². The minimum Gasteiger partial charge on any atom is -0.497 e. The van der Waals surface area contributed by atoms with E-state index in [0.29, 0.717) is 41.5 Å². The van der Waals surface area contributed by atoms with Crippen LogP contribution in [0.4, 0.5) is 5.95 Å². The standard InChI is InChI=1S/C38H42N6O5S/c1-24(2)18-33(41-25(3)45)36(47)42-32(35(46)37-43-31-8-6-7-9-34(31)50-37)19-28-20-39-38(40-21-28)44(22-26-10-14-29(48-4)15-11-26)23-27-12-16-30(49-5)17-13-27/h6-17,20-21,24,32-33H,18-19,22-23H2,1-5H3,(H,41,45)(H,42,47)/t32?,33-/m0/s1. The molecule has 5 aromatic rings. The van der Waals surface area contributed by atoms with Gasteiger partial charge in [0.1, 0.15) is 17.5 Å². The first kappa shape index (κ1) is 35.9. The molecule has 0 radical (unpaired) electrons. The Hall–Kier alpha value is -5.36. The molecule has 3 aromatic carbocycles. The molecule has 0 spiro atoms. The molecule has 2 aromatic heterocycles. The zero-order valence-corrected chi connectivity index (χ0v) is 29.7. The first-order valence-electron chi connectivity index (χ1n) is 16.4. The van der Waals surface area contributed by atoms with E-state index >= 15 is 0 Å². The quantitative estimate of drug-likeness (QED) is 0.123. The monoisotopic (exact) mass is 694 g/mol. The summed E-state index contributed by atoms with van der Waals surface area (Å²) < 4.78 is 11.5. The number of thiazole rings is 1. The lowest BCUT2D eigenvalue weighted by atomic mass is 10.0. The van der Waals surface area contributed by atoms with Crippen LogP contribution >= 0.6 is 11.3 Å². The zero-order valence-electron chi connectivity index (χ0n) is 28.9. The van der Waals surface area contributed by atoms with Gasteiger partial charge in [0.05, 0.1) is 30.5 Å². The highest BCUT2D eigenvalue weighted by Gasteiger charge is 2.29. The Kier molecular flexibility index (Phi) is 12.1. The van der Waals surface area contributed by atoms with E-state index in [0.717, 1.165) is 27.3 Å². The summed E-state index contributed by atoms with van der Waals surface area (Å²) in [6.45, 7) is 6.37. The number of fused-ring (bicyclic) bond motifs is 1. The molecule has 0 aliphatic carbocycles. The Labute approximate surface area is 296 Å². The first-order chi connectivity index (χ1) is 24.1. The lowest BCUT2D eigenvalue weighted by molar-refractivity contribution is -0.128. The normalized spacial score (nSPS) is 12.3. The van der Waals surface area contributed by atoms with Gasteiger partial charge in [-0.1, -0.05) is 50.2 Å². The second kappa shape index (κ2) is 16.8. The summed E-state index contributed by atoms with van der Waals surface area (Å²) in [5.74, 6) is 1.09. The van der Waals surface area contributed by atoms with Gasteiger partial charge in [-0.2, -0.15) is 0 Å². The molecule has 2 atom stereocenters. The summed E-state index contributed by atoms with van der Waals surface area (Å²) in [4.78, 5) is 55.5. The average molecular weight is 695 g/mol. The predicted molar refractivity (Wildman–Crippen MR) is 195 cm³/mol. The summed E-state index contributed by atoms with van der Waals surface area (Å²) in [7, 11) is 3.27. The molecule has 0 aliphatic rings. The lowest BCUT2D eigenvalue weighted by Crippen LogP contribution is -2.52. The predicted octanol–water partition coefficient (Wildman–Crippen LogP) is 5.77. The van der Waals surface area contributed by atoms with E-state index in [-0.39, 0.29) is 24.0 Å². The Morgan fingerprint density at radius 1 is 0.780 bits per heavy atom. The van der Waals surface area contributed by atoms with Crippen molar-refractivity contribution in [3.63, 3.8) is 0 Å². The number of carbonyl (C=O) groups is 3. The maximum Gasteiger partial charge on any atom is 0.243 e. The van der Waals surface area contributed by atoms with Gasteiger partial charge in [-0.25, -0.2) is 15.0 Å². The van der Waals surface area contributed by atoms with E-state index in [1.165, 1.54) is 18.3 Å². The van der Waals surface area contributed by atoms with Crippen LogP contribution in [0.15, 0.2) is 85.2 Å². The SMILES string of the molecule is COc1ccc(CN(Cc2ccc(OC)cc2)c2ncc(CC(NC(=O)[C@H](CC(C)C)NC(C)=O)C(=O)c3nc4ccccc4s3)cn2)cc1. The number of hydrogen-bond acceptors (Lipinski definition) is 10. The highest BCUT2D eigenvalue weighted by molar-refractivity contribution is 7.20. The molecule has 2 heterocycles. The number of nitrogens with one attached hydrogen (secondary N) is 2. The van der Waals surface area contributed by atoms with Crippen molar-refractivity contribution in [2.24, 2.45) is 5.92 Å². The summed E-state index contributed by atoms with van der Waals surface area (Å²) in [5, 5.41) is 5.94.